The number of ether oxygens (including phenoxy) is 2. The average molecular weight is 876 g/mol. The van der Waals surface area contributed by atoms with Gasteiger partial charge < -0.3 is 14.4 Å². The Labute approximate surface area is 389 Å². The molecule has 3 aliphatic rings. The molecule has 5 heteroatoms. The molecule has 9 aromatic rings. The molecule has 3 aliphatic heterocycles. The van der Waals surface area contributed by atoms with Crippen molar-refractivity contribution < 1.29 is 9.47 Å². The van der Waals surface area contributed by atoms with E-state index in [-0.39, 0.29) is 10.8 Å². The van der Waals surface area contributed by atoms with Crippen LogP contribution < -0.4 is 14.4 Å². The van der Waals surface area contributed by atoms with Crippen molar-refractivity contribution in [3.63, 3.8) is 0 Å². The highest BCUT2D eigenvalue weighted by molar-refractivity contribution is 8.00. The Hall–Kier alpha value is -6.92. The van der Waals surface area contributed by atoms with E-state index in [2.05, 4.69) is 221 Å². The number of fused-ring (bicyclic) bond motifs is 6. The van der Waals surface area contributed by atoms with Gasteiger partial charge in [0.2, 0.25) is 0 Å². The van der Waals surface area contributed by atoms with Gasteiger partial charge in [-0.05, 0) is 106 Å². The molecule has 3 nitrogen and oxygen atoms in total. The summed E-state index contributed by atoms with van der Waals surface area (Å²) in [5, 5.41) is 0. The minimum Gasteiger partial charge on any atom is -0.456 e. The second kappa shape index (κ2) is 15.4. The topological polar surface area (TPSA) is 21.7 Å². The maximum absolute atomic E-state index is 6.70. The monoisotopic (exact) mass is 875 g/mol. The quantitative estimate of drug-likeness (QED) is 0.165. The molecular formula is C60H45NO2S2. The number of benzene rings is 9. The van der Waals surface area contributed by atoms with E-state index in [1.807, 2.05) is 23.9 Å². The number of hydrogen-bond acceptors (Lipinski definition) is 5. The summed E-state index contributed by atoms with van der Waals surface area (Å²) in [4.78, 5) is 7.28. The third-order valence-electron chi connectivity index (χ3n) is 13.5. The first kappa shape index (κ1) is 39.7. The predicted octanol–water partition coefficient (Wildman–Crippen LogP) is 17.6. The van der Waals surface area contributed by atoms with Crippen LogP contribution in [0.5, 0.6) is 23.0 Å². The molecule has 0 spiro atoms. The highest BCUT2D eigenvalue weighted by atomic mass is 32.2. The van der Waals surface area contributed by atoms with E-state index < -0.39 is 0 Å². The summed E-state index contributed by atoms with van der Waals surface area (Å²) in [6.07, 6.45) is 0. The number of para-hydroxylation sites is 3. The van der Waals surface area contributed by atoms with Crippen LogP contribution in [0.3, 0.4) is 0 Å². The zero-order valence-electron chi connectivity index (χ0n) is 36.6. The third-order valence-corrected chi connectivity index (χ3v) is 15.9. The number of anilines is 3. The minimum atomic E-state index is -0.192. The van der Waals surface area contributed by atoms with Gasteiger partial charge in [-0.25, -0.2) is 0 Å². The molecule has 12 rings (SSSR count). The summed E-state index contributed by atoms with van der Waals surface area (Å²) < 4.78 is 13.1. The highest BCUT2D eigenvalue weighted by Gasteiger charge is 2.36. The molecule has 0 aliphatic carbocycles. The van der Waals surface area contributed by atoms with Crippen molar-refractivity contribution in [1.82, 2.24) is 0 Å². The molecule has 0 N–H and O–H groups in total. The molecule has 0 bridgehead atoms. The van der Waals surface area contributed by atoms with Crippen LogP contribution >= 0.6 is 23.5 Å². The van der Waals surface area contributed by atoms with Gasteiger partial charge in [0.15, 0.2) is 0 Å². The van der Waals surface area contributed by atoms with E-state index >= 15 is 0 Å². The summed E-state index contributed by atoms with van der Waals surface area (Å²) in [5.41, 5.74) is 15.0. The zero-order valence-corrected chi connectivity index (χ0v) is 38.3. The fourth-order valence-corrected chi connectivity index (χ4v) is 12.6. The van der Waals surface area contributed by atoms with Crippen molar-refractivity contribution in [2.45, 2.75) is 58.1 Å². The molecule has 0 fully saturated rings. The largest absolute Gasteiger partial charge is 0.456 e. The number of hydrogen-bond donors (Lipinski definition) is 0. The lowest BCUT2D eigenvalue weighted by atomic mass is 9.75. The Morgan fingerprint density at radius 1 is 0.338 bits per heavy atom. The molecule has 3 heterocycles. The molecule has 0 aromatic heterocycles. The Balaban J connectivity index is 0.927. The first-order chi connectivity index (χ1) is 31.7. The third kappa shape index (κ3) is 6.59. The zero-order chi connectivity index (χ0) is 43.9. The van der Waals surface area contributed by atoms with Crippen LogP contribution in [-0.4, -0.2) is 0 Å². The van der Waals surface area contributed by atoms with Crippen LogP contribution in [0.25, 0.3) is 33.4 Å². The molecule has 0 amide bonds. The Morgan fingerprint density at radius 3 is 1.45 bits per heavy atom. The highest BCUT2D eigenvalue weighted by Crippen LogP contribution is 2.54. The van der Waals surface area contributed by atoms with Crippen molar-refractivity contribution in [1.29, 1.82) is 0 Å². The van der Waals surface area contributed by atoms with E-state index in [4.69, 9.17) is 9.47 Å². The smallest absolute Gasteiger partial charge is 0.142 e. The van der Waals surface area contributed by atoms with Crippen molar-refractivity contribution in [3.8, 4) is 56.4 Å². The van der Waals surface area contributed by atoms with Gasteiger partial charge in [0.25, 0.3) is 0 Å². The van der Waals surface area contributed by atoms with Crippen LogP contribution in [0.15, 0.2) is 220 Å². The Morgan fingerprint density at radius 2 is 0.785 bits per heavy atom. The van der Waals surface area contributed by atoms with Crippen molar-refractivity contribution >= 4 is 40.6 Å². The van der Waals surface area contributed by atoms with E-state index in [9.17, 15) is 0 Å². The van der Waals surface area contributed by atoms with Gasteiger partial charge in [-0.1, -0.05) is 185 Å². The van der Waals surface area contributed by atoms with Crippen molar-refractivity contribution in [2.24, 2.45) is 0 Å². The van der Waals surface area contributed by atoms with E-state index in [0.29, 0.717) is 0 Å². The summed E-state index contributed by atoms with van der Waals surface area (Å²) in [7, 11) is 0. The van der Waals surface area contributed by atoms with Gasteiger partial charge >= 0.3 is 0 Å². The second-order valence-corrected chi connectivity index (χ2v) is 20.2. The van der Waals surface area contributed by atoms with Crippen molar-refractivity contribution in [3.05, 3.63) is 222 Å². The van der Waals surface area contributed by atoms with Crippen molar-refractivity contribution in [2.75, 3.05) is 4.90 Å². The first-order valence-electron chi connectivity index (χ1n) is 22.2. The van der Waals surface area contributed by atoms with Gasteiger partial charge in [-0.2, -0.15) is 0 Å². The second-order valence-electron chi connectivity index (χ2n) is 18.1. The molecular weight excluding hydrogens is 831 g/mol. The SMILES string of the molecule is CC1(C)c2ccccc2Oc2c(-c3ccc(N(c4ccc(-c5cccc6c5Sc5ccccc5O6)cc4)c4ccc(-c5cccc6c5Sc5ccccc5C6(C)C)cc4)cc3)cccc21. The lowest BCUT2D eigenvalue weighted by Gasteiger charge is -2.35. The van der Waals surface area contributed by atoms with Gasteiger partial charge in [-0.15, -0.1) is 0 Å². The van der Waals surface area contributed by atoms with Gasteiger partial charge in [0.1, 0.15) is 23.0 Å². The summed E-state index contributed by atoms with van der Waals surface area (Å²) >= 11 is 3.66. The normalized spacial score (nSPS) is 14.5. The van der Waals surface area contributed by atoms with Crippen LogP contribution in [-0.2, 0) is 10.8 Å². The van der Waals surface area contributed by atoms with Gasteiger partial charge in [0, 0.05) is 54.4 Å². The molecule has 0 atom stereocenters. The standard InChI is InChI=1S/C60H45NO2S2/c1-59(2)47-17-5-7-21-51(47)63-56-44(14-11-19-49(56)59)38-26-32-41(33-27-38)61(43-36-30-40(31-37-43)46-16-13-23-53-58(46)65-55-25-10-8-22-52(55)62-53)42-34-28-39(29-35-42)45-15-12-20-50-57(45)64-54-24-9-6-18-48(54)60(50,3)4/h5-37H,1-4H3. The number of rotatable bonds is 6. The van der Waals surface area contributed by atoms with Crippen LogP contribution in [0.2, 0.25) is 0 Å². The summed E-state index contributed by atoms with van der Waals surface area (Å²) in [6.45, 7) is 9.28. The molecule has 0 saturated carbocycles. The molecule has 65 heavy (non-hydrogen) atoms. The molecule has 0 unspecified atom stereocenters. The first-order valence-corrected chi connectivity index (χ1v) is 23.9. The van der Waals surface area contributed by atoms with Gasteiger partial charge in [-0.3, -0.25) is 0 Å². The van der Waals surface area contributed by atoms with E-state index in [1.54, 1.807) is 11.8 Å². The van der Waals surface area contributed by atoms with E-state index in [1.165, 1.54) is 43.2 Å². The van der Waals surface area contributed by atoms with Crippen LogP contribution in [0.4, 0.5) is 17.1 Å². The average Bonchev–Trinajstić information content (AvgIpc) is 3.34. The fourth-order valence-electron chi connectivity index (χ4n) is 9.98. The molecule has 314 valence electrons. The predicted molar refractivity (Wildman–Crippen MR) is 269 cm³/mol. The maximum atomic E-state index is 6.70. The number of nitrogens with zero attached hydrogens (tertiary/aromatic N) is 1. The van der Waals surface area contributed by atoms with Crippen LogP contribution in [0.1, 0.15) is 49.9 Å². The Kier molecular flexibility index (Phi) is 9.38. The maximum Gasteiger partial charge on any atom is 0.142 e. The van der Waals surface area contributed by atoms with Gasteiger partial charge in [0.05, 0.1) is 9.79 Å². The molecule has 9 aromatic carbocycles. The molecule has 0 radical (unpaired) electrons. The summed E-state index contributed by atoms with van der Waals surface area (Å²) in [6, 6.07) is 72.2. The molecule has 0 saturated heterocycles. The van der Waals surface area contributed by atoms with E-state index in [0.717, 1.165) is 72.1 Å². The van der Waals surface area contributed by atoms with Crippen LogP contribution in [0, 0.1) is 0 Å². The minimum absolute atomic E-state index is 0.0939. The fraction of sp³-hybridized carbons (Fsp3) is 0.100. The lowest BCUT2D eigenvalue weighted by Crippen LogP contribution is -2.24. The Bertz CT molecular complexity index is 3160. The summed E-state index contributed by atoms with van der Waals surface area (Å²) in [5.74, 6) is 3.64. The lowest BCUT2D eigenvalue weighted by molar-refractivity contribution is 0.419.